The first-order valence-corrected chi connectivity index (χ1v) is 5.03. The van der Waals surface area contributed by atoms with Crippen molar-refractivity contribution < 1.29 is 9.21 Å². The predicted octanol–water partition coefficient (Wildman–Crippen LogP) is 3.24. The number of allylic oxidation sites excluding steroid dienone is 1. The summed E-state index contributed by atoms with van der Waals surface area (Å²) in [6, 6.07) is 7.26. The Labute approximate surface area is 85.5 Å². The van der Waals surface area contributed by atoms with E-state index >= 15 is 0 Å². The van der Waals surface area contributed by atoms with Gasteiger partial charge in [-0.2, -0.15) is 0 Å². The zero-order valence-electron chi connectivity index (χ0n) is 7.34. The lowest BCUT2D eigenvalue weighted by molar-refractivity contribution is 0.102. The van der Waals surface area contributed by atoms with Gasteiger partial charge in [-0.1, -0.05) is 6.07 Å². The molecule has 0 unspecified atom stereocenters. The van der Waals surface area contributed by atoms with Crippen LogP contribution in [-0.4, -0.2) is 5.78 Å². The summed E-state index contributed by atoms with van der Waals surface area (Å²) in [5, 5.41) is 1.97. The molecule has 3 heteroatoms. The Balaban J connectivity index is 2.09. The molecule has 0 spiro atoms. The highest BCUT2D eigenvalue weighted by atomic mass is 32.1. The molecule has 0 aliphatic carbocycles. The Morgan fingerprint density at radius 2 is 2.29 bits per heavy atom. The van der Waals surface area contributed by atoms with Crippen LogP contribution in [-0.2, 0) is 0 Å². The second kappa shape index (κ2) is 4.07. The number of carbonyl (C=O) groups is 1. The highest BCUT2D eigenvalue weighted by molar-refractivity contribution is 7.10. The van der Waals surface area contributed by atoms with Gasteiger partial charge in [-0.3, -0.25) is 4.79 Å². The van der Waals surface area contributed by atoms with Crippen molar-refractivity contribution >= 4 is 23.2 Å². The molecule has 0 fully saturated rings. The minimum atomic E-state index is -0.108. The fraction of sp³-hybridized carbons (Fsp3) is 0. The van der Waals surface area contributed by atoms with Gasteiger partial charge >= 0.3 is 0 Å². The lowest BCUT2D eigenvalue weighted by Crippen LogP contribution is -1.89. The maximum atomic E-state index is 11.4. The fourth-order valence-electron chi connectivity index (χ4n) is 1.04. The molecule has 2 heterocycles. The maximum absolute atomic E-state index is 11.4. The van der Waals surface area contributed by atoms with Crippen molar-refractivity contribution in [1.82, 2.24) is 0 Å². The van der Waals surface area contributed by atoms with Crippen molar-refractivity contribution in [3.8, 4) is 0 Å². The van der Waals surface area contributed by atoms with E-state index in [1.165, 1.54) is 12.3 Å². The van der Waals surface area contributed by atoms with Crippen LogP contribution in [0.15, 0.2) is 46.4 Å². The van der Waals surface area contributed by atoms with Crippen LogP contribution in [0, 0.1) is 0 Å². The molecule has 0 radical (unpaired) electrons. The van der Waals surface area contributed by atoms with Crippen LogP contribution in [0.25, 0.3) is 6.08 Å². The van der Waals surface area contributed by atoms with Gasteiger partial charge in [0.1, 0.15) is 0 Å². The Bertz CT molecular complexity index is 424. The lowest BCUT2D eigenvalue weighted by Gasteiger charge is -1.86. The Hall–Kier alpha value is -1.61. The van der Waals surface area contributed by atoms with E-state index in [1.807, 2.05) is 17.5 Å². The van der Waals surface area contributed by atoms with Gasteiger partial charge in [0.05, 0.1) is 6.26 Å². The van der Waals surface area contributed by atoms with E-state index in [0.717, 1.165) is 4.88 Å². The molecule has 0 saturated heterocycles. The SMILES string of the molecule is O=C(/C=C/c1cccs1)c1ccco1. The van der Waals surface area contributed by atoms with Crippen molar-refractivity contribution in [2.45, 2.75) is 0 Å². The molecular weight excluding hydrogens is 196 g/mol. The molecule has 0 N–H and O–H groups in total. The van der Waals surface area contributed by atoms with Gasteiger partial charge in [-0.05, 0) is 35.7 Å². The average molecular weight is 204 g/mol. The van der Waals surface area contributed by atoms with Crippen LogP contribution in [0.3, 0.4) is 0 Å². The number of rotatable bonds is 3. The number of thiophene rings is 1. The van der Waals surface area contributed by atoms with E-state index in [9.17, 15) is 4.79 Å². The molecule has 2 nitrogen and oxygen atoms in total. The quantitative estimate of drug-likeness (QED) is 0.567. The summed E-state index contributed by atoms with van der Waals surface area (Å²) in [5.41, 5.74) is 0. The van der Waals surface area contributed by atoms with Crippen LogP contribution >= 0.6 is 11.3 Å². The molecule has 0 aliphatic rings. The topological polar surface area (TPSA) is 30.2 Å². The van der Waals surface area contributed by atoms with Gasteiger partial charge in [0, 0.05) is 4.88 Å². The molecule has 0 bridgehead atoms. The second-order valence-corrected chi connectivity index (χ2v) is 3.67. The number of furan rings is 1. The van der Waals surface area contributed by atoms with Gasteiger partial charge in [0.2, 0.25) is 5.78 Å². The molecule has 0 aromatic carbocycles. The third kappa shape index (κ3) is 2.00. The molecule has 70 valence electrons. The molecule has 14 heavy (non-hydrogen) atoms. The molecule has 2 rings (SSSR count). The maximum Gasteiger partial charge on any atom is 0.221 e. The minimum Gasteiger partial charge on any atom is -0.461 e. The highest BCUT2D eigenvalue weighted by Crippen LogP contribution is 2.11. The van der Waals surface area contributed by atoms with Gasteiger partial charge in [0.25, 0.3) is 0 Å². The average Bonchev–Trinajstić information content (AvgIpc) is 2.87. The van der Waals surface area contributed by atoms with Gasteiger partial charge in [-0.15, -0.1) is 11.3 Å². The molecule has 0 atom stereocenters. The minimum absolute atomic E-state index is 0.108. The van der Waals surface area contributed by atoms with Crippen LogP contribution in [0.4, 0.5) is 0 Å². The largest absolute Gasteiger partial charge is 0.461 e. The summed E-state index contributed by atoms with van der Waals surface area (Å²) in [5.74, 6) is 0.265. The van der Waals surface area contributed by atoms with Crippen LogP contribution < -0.4 is 0 Å². The highest BCUT2D eigenvalue weighted by Gasteiger charge is 2.03. The van der Waals surface area contributed by atoms with Gasteiger partial charge in [0.15, 0.2) is 5.76 Å². The number of hydrogen-bond acceptors (Lipinski definition) is 3. The zero-order valence-corrected chi connectivity index (χ0v) is 8.16. The second-order valence-electron chi connectivity index (χ2n) is 2.69. The number of carbonyl (C=O) groups excluding carboxylic acids is 1. The van der Waals surface area contributed by atoms with Crippen molar-refractivity contribution in [1.29, 1.82) is 0 Å². The van der Waals surface area contributed by atoms with E-state index < -0.39 is 0 Å². The summed E-state index contributed by atoms with van der Waals surface area (Å²) in [6.07, 6.45) is 4.80. The van der Waals surface area contributed by atoms with E-state index in [1.54, 1.807) is 29.5 Å². The third-order valence-corrected chi connectivity index (χ3v) is 2.54. The van der Waals surface area contributed by atoms with Crippen molar-refractivity contribution in [3.05, 3.63) is 52.6 Å². The van der Waals surface area contributed by atoms with Crippen molar-refractivity contribution in [3.63, 3.8) is 0 Å². The monoisotopic (exact) mass is 204 g/mol. The molecule has 0 aliphatic heterocycles. The first-order valence-electron chi connectivity index (χ1n) is 4.16. The summed E-state index contributed by atoms with van der Waals surface area (Å²) in [7, 11) is 0. The standard InChI is InChI=1S/C11H8O2S/c12-10(11-4-1-7-13-11)6-5-9-3-2-8-14-9/h1-8H/b6-5+. The van der Waals surface area contributed by atoms with Crippen LogP contribution in [0.1, 0.15) is 15.4 Å². The molecule has 2 aromatic rings. The molecule has 0 saturated carbocycles. The van der Waals surface area contributed by atoms with Crippen molar-refractivity contribution in [2.24, 2.45) is 0 Å². The predicted molar refractivity (Wildman–Crippen MR) is 56.4 cm³/mol. The van der Waals surface area contributed by atoms with E-state index in [2.05, 4.69) is 0 Å². The summed E-state index contributed by atoms with van der Waals surface area (Å²) < 4.78 is 4.97. The fourth-order valence-corrected chi connectivity index (χ4v) is 1.66. The smallest absolute Gasteiger partial charge is 0.221 e. The lowest BCUT2D eigenvalue weighted by atomic mass is 10.2. The van der Waals surface area contributed by atoms with Crippen LogP contribution in [0.2, 0.25) is 0 Å². The third-order valence-electron chi connectivity index (χ3n) is 1.71. The Morgan fingerprint density at radius 1 is 1.36 bits per heavy atom. The Morgan fingerprint density at radius 3 is 2.93 bits per heavy atom. The molecule has 0 amide bonds. The van der Waals surface area contributed by atoms with Gasteiger partial charge < -0.3 is 4.42 Å². The van der Waals surface area contributed by atoms with Gasteiger partial charge in [-0.25, -0.2) is 0 Å². The molecular formula is C11H8O2S. The van der Waals surface area contributed by atoms with E-state index in [4.69, 9.17) is 4.42 Å². The number of hydrogen-bond donors (Lipinski definition) is 0. The van der Waals surface area contributed by atoms with E-state index in [0.29, 0.717) is 5.76 Å². The normalized spacial score (nSPS) is 10.9. The first kappa shape index (κ1) is 8.97. The number of ketones is 1. The van der Waals surface area contributed by atoms with E-state index in [-0.39, 0.29) is 5.78 Å². The summed E-state index contributed by atoms with van der Waals surface area (Å²) in [6.45, 7) is 0. The summed E-state index contributed by atoms with van der Waals surface area (Å²) in [4.78, 5) is 12.5. The van der Waals surface area contributed by atoms with Crippen molar-refractivity contribution in [2.75, 3.05) is 0 Å². The zero-order chi connectivity index (χ0) is 9.80. The summed E-state index contributed by atoms with van der Waals surface area (Å²) >= 11 is 1.59. The molecule has 2 aromatic heterocycles. The Kier molecular flexibility index (Phi) is 2.60. The first-order chi connectivity index (χ1) is 6.86. The van der Waals surface area contributed by atoms with Crippen LogP contribution in [0.5, 0.6) is 0 Å².